The normalized spacial score (nSPS) is 15.1. The molecule has 0 bridgehead atoms. The molecule has 0 spiro atoms. The van der Waals surface area contributed by atoms with Crippen molar-refractivity contribution in [3.63, 3.8) is 0 Å². The Kier molecular flexibility index (Phi) is 5.53. The average molecular weight is 400 g/mol. The third-order valence-corrected chi connectivity index (χ3v) is 5.48. The van der Waals surface area contributed by atoms with Crippen molar-refractivity contribution in [3.8, 4) is 5.75 Å². The lowest BCUT2D eigenvalue weighted by molar-refractivity contribution is -0.122. The number of carbonyl (C=O) groups excluding carboxylic acids is 2. The van der Waals surface area contributed by atoms with Crippen molar-refractivity contribution in [1.82, 2.24) is 5.32 Å². The van der Waals surface area contributed by atoms with Crippen LogP contribution < -0.4 is 15.0 Å². The zero-order valence-electron chi connectivity index (χ0n) is 17.1. The van der Waals surface area contributed by atoms with Crippen LogP contribution in [-0.4, -0.2) is 18.9 Å². The maximum atomic E-state index is 13.3. The van der Waals surface area contributed by atoms with Gasteiger partial charge in [0.05, 0.1) is 7.11 Å². The number of hydrogen-bond acceptors (Lipinski definition) is 3. The molecule has 0 fully saturated rings. The van der Waals surface area contributed by atoms with E-state index >= 15 is 0 Å². The lowest BCUT2D eigenvalue weighted by atomic mass is 10.0. The van der Waals surface area contributed by atoms with Crippen LogP contribution in [0.4, 0.5) is 5.69 Å². The minimum atomic E-state index is -0.712. The summed E-state index contributed by atoms with van der Waals surface area (Å²) >= 11 is 0. The van der Waals surface area contributed by atoms with Gasteiger partial charge in [-0.3, -0.25) is 14.5 Å². The molecule has 1 N–H and O–H groups in total. The summed E-state index contributed by atoms with van der Waals surface area (Å²) in [6.45, 7) is 2.40. The number of nitrogens with zero attached hydrogens (tertiary/aromatic N) is 1. The van der Waals surface area contributed by atoms with Crippen LogP contribution in [0.1, 0.15) is 40.0 Å². The number of carbonyl (C=O) groups is 2. The molecule has 5 heteroatoms. The highest BCUT2D eigenvalue weighted by atomic mass is 16.5. The molecule has 0 saturated carbocycles. The molecular weight excluding hydrogens is 376 g/mol. The van der Waals surface area contributed by atoms with Crippen molar-refractivity contribution in [3.05, 3.63) is 95.1 Å². The Morgan fingerprint density at radius 3 is 2.43 bits per heavy atom. The summed E-state index contributed by atoms with van der Waals surface area (Å²) < 4.78 is 5.37. The van der Waals surface area contributed by atoms with Crippen LogP contribution >= 0.6 is 0 Å². The Morgan fingerprint density at radius 1 is 1.00 bits per heavy atom. The van der Waals surface area contributed by atoms with Crippen LogP contribution in [0.25, 0.3) is 0 Å². The van der Waals surface area contributed by atoms with Crippen molar-refractivity contribution in [2.24, 2.45) is 0 Å². The SMILES string of the molecule is CCc1ccc(N2C(=O)c3ccccc3[C@@H]2C(=O)NCc2ccccc2OC)cc1. The first-order valence-corrected chi connectivity index (χ1v) is 10.0. The zero-order chi connectivity index (χ0) is 21.1. The van der Waals surface area contributed by atoms with E-state index in [0.29, 0.717) is 23.5 Å². The average Bonchev–Trinajstić information content (AvgIpc) is 3.10. The molecule has 1 atom stereocenters. The third kappa shape index (κ3) is 3.54. The second-order valence-electron chi connectivity index (χ2n) is 7.21. The fourth-order valence-electron chi connectivity index (χ4n) is 3.86. The van der Waals surface area contributed by atoms with E-state index in [-0.39, 0.29) is 11.8 Å². The number of hydrogen-bond donors (Lipinski definition) is 1. The largest absolute Gasteiger partial charge is 0.496 e. The predicted molar refractivity (Wildman–Crippen MR) is 117 cm³/mol. The maximum Gasteiger partial charge on any atom is 0.259 e. The summed E-state index contributed by atoms with van der Waals surface area (Å²) in [7, 11) is 1.61. The minimum Gasteiger partial charge on any atom is -0.496 e. The number of amides is 2. The lowest BCUT2D eigenvalue weighted by Gasteiger charge is -2.25. The molecular formula is C25H24N2O3. The molecule has 3 aromatic rings. The molecule has 30 heavy (non-hydrogen) atoms. The van der Waals surface area contributed by atoms with Crippen LogP contribution in [-0.2, 0) is 17.8 Å². The van der Waals surface area contributed by atoms with Gasteiger partial charge in [0.25, 0.3) is 5.91 Å². The van der Waals surface area contributed by atoms with Crippen molar-refractivity contribution in [1.29, 1.82) is 0 Å². The smallest absolute Gasteiger partial charge is 0.259 e. The second-order valence-corrected chi connectivity index (χ2v) is 7.21. The van der Waals surface area contributed by atoms with Crippen LogP contribution in [0.5, 0.6) is 5.75 Å². The predicted octanol–water partition coefficient (Wildman–Crippen LogP) is 4.28. The first kappa shape index (κ1) is 19.7. The molecule has 1 heterocycles. The Hall–Kier alpha value is -3.60. The molecule has 0 aromatic heterocycles. The van der Waals surface area contributed by atoms with Gasteiger partial charge in [0.2, 0.25) is 5.91 Å². The summed E-state index contributed by atoms with van der Waals surface area (Å²) in [6, 6.07) is 22.0. The van der Waals surface area contributed by atoms with Gasteiger partial charge in [-0.05, 0) is 41.8 Å². The number of methoxy groups -OCH3 is 1. The number of rotatable bonds is 6. The first-order valence-electron chi connectivity index (χ1n) is 10.0. The van der Waals surface area contributed by atoms with Crippen LogP contribution in [0.15, 0.2) is 72.8 Å². The van der Waals surface area contributed by atoms with Crippen molar-refractivity contribution in [2.45, 2.75) is 25.9 Å². The molecule has 1 aliphatic heterocycles. The Balaban J connectivity index is 1.65. The number of para-hydroxylation sites is 1. The summed E-state index contributed by atoms with van der Waals surface area (Å²) in [5.74, 6) is 0.332. The number of ether oxygens (including phenoxy) is 1. The van der Waals surface area contributed by atoms with Gasteiger partial charge in [-0.1, -0.05) is 55.5 Å². The molecule has 1 aliphatic rings. The van der Waals surface area contributed by atoms with Crippen molar-refractivity contribution < 1.29 is 14.3 Å². The van der Waals surface area contributed by atoms with Gasteiger partial charge in [-0.25, -0.2) is 0 Å². The lowest BCUT2D eigenvalue weighted by Crippen LogP contribution is -2.39. The second kappa shape index (κ2) is 8.41. The fourth-order valence-corrected chi connectivity index (χ4v) is 3.86. The van der Waals surface area contributed by atoms with E-state index in [1.807, 2.05) is 66.7 Å². The molecule has 0 saturated heterocycles. The third-order valence-electron chi connectivity index (χ3n) is 5.48. The van der Waals surface area contributed by atoms with Gasteiger partial charge in [-0.15, -0.1) is 0 Å². The topological polar surface area (TPSA) is 58.6 Å². The van der Waals surface area contributed by atoms with Crippen molar-refractivity contribution >= 4 is 17.5 Å². The highest BCUT2D eigenvalue weighted by Crippen LogP contribution is 2.37. The summed E-state index contributed by atoms with van der Waals surface area (Å²) in [5, 5.41) is 2.99. The Labute approximate surface area is 176 Å². The van der Waals surface area contributed by atoms with E-state index in [4.69, 9.17) is 4.74 Å². The molecule has 2 amide bonds. The van der Waals surface area contributed by atoms with E-state index in [1.165, 1.54) is 5.56 Å². The summed E-state index contributed by atoms with van der Waals surface area (Å²) in [4.78, 5) is 28.0. The van der Waals surface area contributed by atoms with E-state index in [0.717, 1.165) is 17.5 Å². The Bertz CT molecular complexity index is 1080. The van der Waals surface area contributed by atoms with E-state index in [1.54, 1.807) is 18.1 Å². The number of aryl methyl sites for hydroxylation is 1. The van der Waals surface area contributed by atoms with E-state index in [9.17, 15) is 9.59 Å². The summed E-state index contributed by atoms with van der Waals surface area (Å²) in [6.07, 6.45) is 0.914. The first-order chi connectivity index (χ1) is 14.6. The standard InChI is InChI=1S/C25H24N2O3/c1-3-17-12-14-19(15-13-17)27-23(20-9-5-6-10-21(20)25(27)29)24(28)26-16-18-8-4-7-11-22(18)30-2/h4-15,23H,3,16H2,1-2H3,(H,26,28)/t23-/m1/s1. The zero-order valence-corrected chi connectivity index (χ0v) is 17.1. The van der Waals surface area contributed by atoms with Crippen LogP contribution in [0.3, 0.4) is 0 Å². The van der Waals surface area contributed by atoms with Crippen LogP contribution in [0.2, 0.25) is 0 Å². The Morgan fingerprint density at radius 2 is 1.70 bits per heavy atom. The van der Waals surface area contributed by atoms with Gasteiger partial charge in [0, 0.05) is 23.4 Å². The van der Waals surface area contributed by atoms with Gasteiger partial charge in [-0.2, -0.15) is 0 Å². The molecule has 3 aromatic carbocycles. The molecule has 4 rings (SSSR count). The van der Waals surface area contributed by atoms with E-state index in [2.05, 4.69) is 12.2 Å². The highest BCUT2D eigenvalue weighted by Gasteiger charge is 2.41. The number of nitrogens with one attached hydrogen (secondary N) is 1. The van der Waals surface area contributed by atoms with E-state index < -0.39 is 6.04 Å². The summed E-state index contributed by atoms with van der Waals surface area (Å²) in [5.41, 5.74) is 4.06. The number of fused-ring (bicyclic) bond motifs is 1. The number of benzene rings is 3. The van der Waals surface area contributed by atoms with Crippen LogP contribution in [0, 0.1) is 0 Å². The van der Waals surface area contributed by atoms with Gasteiger partial charge >= 0.3 is 0 Å². The molecule has 0 radical (unpaired) electrons. The van der Waals surface area contributed by atoms with Crippen molar-refractivity contribution in [2.75, 3.05) is 12.0 Å². The molecule has 0 unspecified atom stereocenters. The minimum absolute atomic E-state index is 0.160. The molecule has 0 aliphatic carbocycles. The van der Waals surface area contributed by atoms with Gasteiger partial charge < -0.3 is 10.1 Å². The fraction of sp³-hybridized carbons (Fsp3) is 0.200. The van der Waals surface area contributed by atoms with Gasteiger partial charge in [0.15, 0.2) is 0 Å². The maximum absolute atomic E-state index is 13.3. The monoisotopic (exact) mass is 400 g/mol. The van der Waals surface area contributed by atoms with Gasteiger partial charge in [0.1, 0.15) is 11.8 Å². The number of anilines is 1. The highest BCUT2D eigenvalue weighted by molar-refractivity contribution is 6.15. The quantitative estimate of drug-likeness (QED) is 0.672. The molecule has 152 valence electrons. The molecule has 5 nitrogen and oxygen atoms in total.